The second kappa shape index (κ2) is 10.4. The van der Waals surface area contributed by atoms with Gasteiger partial charge in [-0.1, -0.05) is 36.4 Å². The zero-order chi connectivity index (χ0) is 21.3. The Morgan fingerprint density at radius 1 is 1.07 bits per heavy atom. The lowest BCUT2D eigenvalue weighted by atomic mass is 10.00. The summed E-state index contributed by atoms with van der Waals surface area (Å²) in [6, 6.07) is 15.8. The van der Waals surface area contributed by atoms with Gasteiger partial charge in [0.1, 0.15) is 0 Å². The Morgan fingerprint density at radius 2 is 1.87 bits per heavy atom. The van der Waals surface area contributed by atoms with Crippen LogP contribution in [-0.4, -0.2) is 56.4 Å². The van der Waals surface area contributed by atoms with Gasteiger partial charge in [-0.2, -0.15) is 0 Å². The molecule has 1 aliphatic rings. The lowest BCUT2D eigenvalue weighted by Crippen LogP contribution is -2.46. The van der Waals surface area contributed by atoms with Crippen LogP contribution in [0.2, 0.25) is 0 Å². The Morgan fingerprint density at radius 3 is 2.63 bits per heavy atom. The van der Waals surface area contributed by atoms with Crippen molar-refractivity contribution >= 4 is 17.8 Å². The van der Waals surface area contributed by atoms with Crippen LogP contribution in [0.15, 0.2) is 53.5 Å². The largest absolute Gasteiger partial charge is 0.356 e. The molecule has 1 heterocycles. The topological polar surface area (TPSA) is 85.8 Å². The van der Waals surface area contributed by atoms with E-state index in [9.17, 15) is 9.59 Å². The molecular formula is C23H29N5O2. The van der Waals surface area contributed by atoms with Crippen molar-refractivity contribution in [3.05, 3.63) is 70.8 Å². The van der Waals surface area contributed by atoms with E-state index in [1.807, 2.05) is 35.2 Å². The Kier molecular flexibility index (Phi) is 7.43. The van der Waals surface area contributed by atoms with Gasteiger partial charge >= 0.3 is 0 Å². The predicted octanol–water partition coefficient (Wildman–Crippen LogP) is 1.34. The number of rotatable bonds is 6. The van der Waals surface area contributed by atoms with Gasteiger partial charge in [-0.3, -0.25) is 14.6 Å². The minimum Gasteiger partial charge on any atom is -0.356 e. The van der Waals surface area contributed by atoms with Crippen LogP contribution in [0, 0.1) is 0 Å². The zero-order valence-corrected chi connectivity index (χ0v) is 17.6. The average Bonchev–Trinajstić information content (AvgIpc) is 2.80. The number of hydrogen-bond acceptors (Lipinski definition) is 3. The summed E-state index contributed by atoms with van der Waals surface area (Å²) >= 11 is 0. The smallest absolute Gasteiger partial charge is 0.251 e. The van der Waals surface area contributed by atoms with Crippen molar-refractivity contribution in [3.8, 4) is 0 Å². The molecule has 3 rings (SSSR count). The Bertz CT molecular complexity index is 925. The maximum Gasteiger partial charge on any atom is 0.251 e. The van der Waals surface area contributed by atoms with Crippen LogP contribution in [0.25, 0.3) is 0 Å². The molecule has 1 aliphatic heterocycles. The molecule has 2 aromatic rings. The van der Waals surface area contributed by atoms with Crippen LogP contribution in [0.1, 0.15) is 27.0 Å². The van der Waals surface area contributed by atoms with E-state index < -0.39 is 0 Å². The minimum atomic E-state index is -0.0962. The average molecular weight is 408 g/mol. The molecule has 0 aromatic heterocycles. The summed E-state index contributed by atoms with van der Waals surface area (Å²) in [7, 11) is 3.30. The highest BCUT2D eigenvalue weighted by atomic mass is 16.2. The normalized spacial score (nSPS) is 13.4. The number of aliphatic imine (C=N–C) groups is 1. The predicted molar refractivity (Wildman–Crippen MR) is 118 cm³/mol. The molecular weight excluding hydrogens is 378 g/mol. The first-order valence-electron chi connectivity index (χ1n) is 10.2. The summed E-state index contributed by atoms with van der Waals surface area (Å²) in [6.45, 7) is 2.24. The van der Waals surface area contributed by atoms with Gasteiger partial charge in [0.25, 0.3) is 5.91 Å². The summed E-state index contributed by atoms with van der Waals surface area (Å²) in [4.78, 5) is 30.4. The lowest BCUT2D eigenvalue weighted by Gasteiger charge is -2.29. The molecule has 0 saturated carbocycles. The van der Waals surface area contributed by atoms with E-state index in [0.29, 0.717) is 24.6 Å². The number of fused-ring (bicyclic) bond motifs is 1. The molecule has 7 heteroatoms. The first-order chi connectivity index (χ1) is 14.6. The van der Waals surface area contributed by atoms with Crippen LogP contribution in [0.5, 0.6) is 0 Å². The summed E-state index contributed by atoms with van der Waals surface area (Å²) in [5.41, 5.74) is 4.25. The van der Waals surface area contributed by atoms with E-state index >= 15 is 0 Å². The second-order valence-electron chi connectivity index (χ2n) is 7.22. The molecule has 2 amide bonds. The summed E-state index contributed by atoms with van der Waals surface area (Å²) in [6.07, 6.45) is 1.63. The molecule has 0 fully saturated rings. The molecule has 0 saturated heterocycles. The van der Waals surface area contributed by atoms with Crippen molar-refractivity contribution in [1.82, 2.24) is 20.9 Å². The van der Waals surface area contributed by atoms with E-state index in [1.165, 1.54) is 11.1 Å². The van der Waals surface area contributed by atoms with E-state index in [0.717, 1.165) is 24.9 Å². The minimum absolute atomic E-state index is 0.0609. The molecule has 30 heavy (non-hydrogen) atoms. The highest BCUT2D eigenvalue weighted by molar-refractivity contribution is 5.94. The highest BCUT2D eigenvalue weighted by Crippen LogP contribution is 2.18. The maximum absolute atomic E-state index is 12.6. The fraction of sp³-hybridized carbons (Fsp3) is 0.348. The molecule has 0 radical (unpaired) electrons. The molecule has 0 aliphatic carbocycles. The number of amides is 2. The quantitative estimate of drug-likeness (QED) is 0.498. The highest BCUT2D eigenvalue weighted by Gasteiger charge is 2.20. The zero-order valence-electron chi connectivity index (χ0n) is 17.6. The van der Waals surface area contributed by atoms with Gasteiger partial charge in [-0.15, -0.1) is 0 Å². The van der Waals surface area contributed by atoms with E-state index in [2.05, 4.69) is 33.1 Å². The number of nitrogens with zero attached hydrogens (tertiary/aromatic N) is 2. The van der Waals surface area contributed by atoms with Crippen LogP contribution in [0.4, 0.5) is 0 Å². The van der Waals surface area contributed by atoms with Gasteiger partial charge in [0.2, 0.25) is 5.91 Å². The summed E-state index contributed by atoms with van der Waals surface area (Å²) in [5, 5.41) is 8.95. The standard InChI is InChI=1S/C23H29N5O2/c1-24-22(30)19-9-5-6-17(14-19)10-12-26-23(25-2)27-15-21(29)28-13-11-18-7-3-4-8-20(18)16-28/h3-9,14H,10-13,15-16H2,1-2H3,(H,24,30)(H2,25,26,27). The van der Waals surface area contributed by atoms with Crippen molar-refractivity contribution in [2.75, 3.05) is 33.7 Å². The number of carbonyl (C=O) groups is 2. The van der Waals surface area contributed by atoms with E-state index in [-0.39, 0.29) is 18.4 Å². The SMILES string of the molecule is CN=C(NCCc1cccc(C(=O)NC)c1)NCC(=O)N1CCc2ccccc2C1. The maximum atomic E-state index is 12.6. The number of guanidine groups is 1. The fourth-order valence-corrected chi connectivity index (χ4v) is 3.54. The molecule has 0 spiro atoms. The lowest BCUT2D eigenvalue weighted by molar-refractivity contribution is -0.130. The second-order valence-corrected chi connectivity index (χ2v) is 7.22. The van der Waals surface area contributed by atoms with Gasteiger partial charge in [-0.05, 0) is 41.7 Å². The fourth-order valence-electron chi connectivity index (χ4n) is 3.54. The Hall–Kier alpha value is -3.35. The summed E-state index contributed by atoms with van der Waals surface area (Å²) in [5.74, 6) is 0.551. The van der Waals surface area contributed by atoms with Crippen LogP contribution < -0.4 is 16.0 Å². The first-order valence-corrected chi connectivity index (χ1v) is 10.2. The molecule has 3 N–H and O–H groups in total. The third-order valence-corrected chi connectivity index (χ3v) is 5.24. The van der Waals surface area contributed by atoms with Crippen molar-refractivity contribution < 1.29 is 9.59 Å². The molecule has 7 nitrogen and oxygen atoms in total. The molecule has 2 aromatic carbocycles. The van der Waals surface area contributed by atoms with Crippen LogP contribution in [0.3, 0.4) is 0 Å². The van der Waals surface area contributed by atoms with Gasteiger partial charge in [0, 0.05) is 39.3 Å². The van der Waals surface area contributed by atoms with Crippen molar-refractivity contribution in [3.63, 3.8) is 0 Å². The first kappa shape index (κ1) is 21.4. The van der Waals surface area contributed by atoms with Crippen LogP contribution >= 0.6 is 0 Å². The van der Waals surface area contributed by atoms with Gasteiger partial charge in [0.05, 0.1) is 6.54 Å². The number of hydrogen-bond donors (Lipinski definition) is 3. The summed E-state index contributed by atoms with van der Waals surface area (Å²) < 4.78 is 0. The van der Waals surface area contributed by atoms with Crippen molar-refractivity contribution in [2.24, 2.45) is 4.99 Å². The number of nitrogens with one attached hydrogen (secondary N) is 3. The molecule has 0 unspecified atom stereocenters. The van der Waals surface area contributed by atoms with Gasteiger partial charge in [-0.25, -0.2) is 0 Å². The molecule has 158 valence electrons. The third-order valence-electron chi connectivity index (χ3n) is 5.24. The monoisotopic (exact) mass is 407 g/mol. The number of carbonyl (C=O) groups excluding carboxylic acids is 2. The molecule has 0 bridgehead atoms. The van der Waals surface area contributed by atoms with Gasteiger partial charge in [0.15, 0.2) is 5.96 Å². The van der Waals surface area contributed by atoms with Crippen LogP contribution in [-0.2, 0) is 24.2 Å². The number of benzene rings is 2. The third kappa shape index (κ3) is 5.59. The Balaban J connectivity index is 1.44. The van der Waals surface area contributed by atoms with Gasteiger partial charge < -0.3 is 20.9 Å². The van der Waals surface area contributed by atoms with E-state index in [1.54, 1.807) is 20.2 Å². The van der Waals surface area contributed by atoms with E-state index in [4.69, 9.17) is 0 Å². The van der Waals surface area contributed by atoms with Crippen molar-refractivity contribution in [1.29, 1.82) is 0 Å². The molecule has 0 atom stereocenters. The Labute approximate surface area is 177 Å². The van der Waals surface area contributed by atoms with Crippen molar-refractivity contribution in [2.45, 2.75) is 19.4 Å².